The molecule has 0 bridgehead atoms. The minimum atomic E-state index is -0.590. The summed E-state index contributed by atoms with van der Waals surface area (Å²) in [6, 6.07) is 6.87. The summed E-state index contributed by atoms with van der Waals surface area (Å²) in [5.41, 5.74) is 8.34. The summed E-state index contributed by atoms with van der Waals surface area (Å²) in [7, 11) is 0. The smallest absolute Gasteiger partial charge is 0.252 e. The number of aryl methyl sites for hydroxylation is 1. The maximum atomic E-state index is 12.5. The molecule has 3 amide bonds. The van der Waals surface area contributed by atoms with Crippen molar-refractivity contribution >= 4 is 29.1 Å². The molecule has 4 N–H and O–H groups in total. The van der Waals surface area contributed by atoms with Crippen molar-refractivity contribution in [3.05, 3.63) is 56.8 Å². The van der Waals surface area contributed by atoms with Gasteiger partial charge in [-0.15, -0.1) is 11.3 Å². The first-order chi connectivity index (χ1) is 12.5. The molecule has 1 aliphatic rings. The van der Waals surface area contributed by atoms with Crippen molar-refractivity contribution < 1.29 is 14.4 Å². The molecule has 2 aromatic rings. The van der Waals surface area contributed by atoms with Crippen LogP contribution >= 0.6 is 11.3 Å². The lowest BCUT2D eigenvalue weighted by molar-refractivity contribution is -0.117. The number of fused-ring (bicyclic) bond motifs is 1. The van der Waals surface area contributed by atoms with E-state index in [9.17, 15) is 14.4 Å². The Morgan fingerprint density at radius 3 is 2.46 bits per heavy atom. The SMILES string of the molecule is NC(=O)CNC(=O)c1ccc(CNC(=O)c2csc3c2CCCC3)cc1. The second kappa shape index (κ2) is 8.14. The maximum absolute atomic E-state index is 12.5. The summed E-state index contributed by atoms with van der Waals surface area (Å²) in [6.45, 7) is 0.203. The lowest BCUT2D eigenvalue weighted by Gasteiger charge is -2.13. The molecule has 7 heteroatoms. The largest absolute Gasteiger partial charge is 0.368 e. The van der Waals surface area contributed by atoms with Gasteiger partial charge >= 0.3 is 0 Å². The number of amides is 3. The zero-order valence-electron chi connectivity index (χ0n) is 14.3. The molecule has 26 heavy (non-hydrogen) atoms. The quantitative estimate of drug-likeness (QED) is 0.721. The van der Waals surface area contributed by atoms with E-state index in [1.165, 1.54) is 16.9 Å². The van der Waals surface area contributed by atoms with Gasteiger partial charge in [0.25, 0.3) is 11.8 Å². The van der Waals surface area contributed by atoms with Crippen molar-refractivity contribution in [1.82, 2.24) is 10.6 Å². The molecule has 1 aromatic heterocycles. The van der Waals surface area contributed by atoms with Crippen LogP contribution in [0, 0.1) is 0 Å². The number of benzene rings is 1. The van der Waals surface area contributed by atoms with Crippen LogP contribution in [0.4, 0.5) is 0 Å². The number of hydrogen-bond donors (Lipinski definition) is 3. The highest BCUT2D eigenvalue weighted by Gasteiger charge is 2.19. The minimum absolute atomic E-state index is 0.0484. The van der Waals surface area contributed by atoms with Gasteiger partial charge in [-0.1, -0.05) is 12.1 Å². The zero-order valence-corrected chi connectivity index (χ0v) is 15.2. The van der Waals surface area contributed by atoms with Crippen LogP contribution < -0.4 is 16.4 Å². The van der Waals surface area contributed by atoms with E-state index in [2.05, 4.69) is 10.6 Å². The van der Waals surface area contributed by atoms with Crippen LogP contribution in [-0.4, -0.2) is 24.3 Å². The molecule has 0 fully saturated rings. The van der Waals surface area contributed by atoms with Gasteiger partial charge in [-0.2, -0.15) is 0 Å². The molecule has 0 aliphatic heterocycles. The molecule has 0 radical (unpaired) electrons. The lowest BCUT2D eigenvalue weighted by Crippen LogP contribution is -2.33. The highest BCUT2D eigenvalue weighted by Crippen LogP contribution is 2.30. The average molecular weight is 371 g/mol. The van der Waals surface area contributed by atoms with Gasteiger partial charge < -0.3 is 16.4 Å². The predicted molar refractivity (Wildman–Crippen MR) is 100 cm³/mol. The third kappa shape index (κ3) is 4.29. The van der Waals surface area contributed by atoms with Crippen molar-refractivity contribution in [2.75, 3.05) is 6.54 Å². The van der Waals surface area contributed by atoms with E-state index >= 15 is 0 Å². The first-order valence-electron chi connectivity index (χ1n) is 8.57. The molecule has 1 aromatic carbocycles. The third-order valence-electron chi connectivity index (χ3n) is 4.40. The number of nitrogens with two attached hydrogens (primary N) is 1. The number of thiophene rings is 1. The average Bonchev–Trinajstić information content (AvgIpc) is 3.09. The Bertz CT molecular complexity index is 827. The molecule has 0 saturated heterocycles. The van der Waals surface area contributed by atoms with Crippen molar-refractivity contribution in [3.63, 3.8) is 0 Å². The highest BCUT2D eigenvalue weighted by molar-refractivity contribution is 7.10. The second-order valence-corrected chi connectivity index (χ2v) is 7.25. The molecule has 0 spiro atoms. The number of carbonyl (C=O) groups is 3. The molecule has 0 unspecified atom stereocenters. The Morgan fingerprint density at radius 2 is 1.73 bits per heavy atom. The van der Waals surface area contributed by atoms with Gasteiger partial charge in [0.05, 0.1) is 12.1 Å². The van der Waals surface area contributed by atoms with E-state index in [1.54, 1.807) is 35.6 Å². The van der Waals surface area contributed by atoms with Gasteiger partial charge in [-0.3, -0.25) is 14.4 Å². The molecule has 0 saturated carbocycles. The van der Waals surface area contributed by atoms with Gasteiger partial charge in [-0.25, -0.2) is 0 Å². The van der Waals surface area contributed by atoms with Crippen LogP contribution in [0.1, 0.15) is 49.6 Å². The Labute approximate surface area is 155 Å². The van der Waals surface area contributed by atoms with Gasteiger partial charge in [0.2, 0.25) is 5.91 Å². The number of hydrogen-bond acceptors (Lipinski definition) is 4. The van der Waals surface area contributed by atoms with E-state index < -0.39 is 5.91 Å². The van der Waals surface area contributed by atoms with E-state index in [4.69, 9.17) is 5.73 Å². The second-order valence-electron chi connectivity index (χ2n) is 6.29. The Kier molecular flexibility index (Phi) is 5.68. The summed E-state index contributed by atoms with van der Waals surface area (Å²) in [6.07, 6.45) is 4.40. The normalized spacial score (nSPS) is 12.9. The number of primary amides is 1. The highest BCUT2D eigenvalue weighted by atomic mass is 32.1. The summed E-state index contributed by atoms with van der Waals surface area (Å²) in [4.78, 5) is 36.3. The predicted octanol–water partition coefficient (Wildman–Crippen LogP) is 1.77. The van der Waals surface area contributed by atoms with Gasteiger partial charge in [0.15, 0.2) is 0 Å². The monoisotopic (exact) mass is 371 g/mol. The third-order valence-corrected chi connectivity index (χ3v) is 5.49. The molecule has 1 heterocycles. The standard InChI is InChI=1S/C19H21N3O3S/c20-17(23)10-22-18(24)13-7-5-12(6-8-13)9-21-19(25)15-11-26-16-4-2-1-3-14(15)16/h5-8,11H,1-4,9-10H2,(H2,20,23)(H,21,25)(H,22,24). The topological polar surface area (TPSA) is 101 Å². The minimum Gasteiger partial charge on any atom is -0.368 e. The van der Waals surface area contributed by atoms with Crippen LogP contribution in [0.5, 0.6) is 0 Å². The Morgan fingerprint density at radius 1 is 1.00 bits per heavy atom. The molecule has 0 atom stereocenters. The van der Waals surface area contributed by atoms with Gasteiger partial charge in [0, 0.05) is 22.4 Å². The summed E-state index contributed by atoms with van der Waals surface area (Å²) >= 11 is 1.68. The summed E-state index contributed by atoms with van der Waals surface area (Å²) < 4.78 is 0. The van der Waals surface area contributed by atoms with Crippen LogP contribution in [-0.2, 0) is 24.2 Å². The van der Waals surface area contributed by atoms with E-state index in [1.807, 2.05) is 5.38 Å². The summed E-state index contributed by atoms with van der Waals surface area (Å²) in [5, 5.41) is 7.34. The fourth-order valence-corrected chi connectivity index (χ4v) is 4.13. The number of carbonyl (C=O) groups excluding carboxylic acids is 3. The van der Waals surface area contributed by atoms with Crippen LogP contribution in [0.15, 0.2) is 29.6 Å². The Hall–Kier alpha value is -2.67. The number of nitrogens with one attached hydrogen (secondary N) is 2. The van der Waals surface area contributed by atoms with Gasteiger partial charge in [0.1, 0.15) is 0 Å². The van der Waals surface area contributed by atoms with Crippen LogP contribution in [0.3, 0.4) is 0 Å². The van der Waals surface area contributed by atoms with Crippen molar-refractivity contribution in [2.45, 2.75) is 32.2 Å². The molecule has 136 valence electrons. The van der Waals surface area contributed by atoms with Gasteiger partial charge in [-0.05, 0) is 48.9 Å². The molecule has 3 rings (SSSR count). The van der Waals surface area contributed by atoms with E-state index in [0.29, 0.717) is 12.1 Å². The maximum Gasteiger partial charge on any atom is 0.252 e. The number of rotatable bonds is 6. The van der Waals surface area contributed by atoms with E-state index in [-0.39, 0.29) is 18.4 Å². The molecular weight excluding hydrogens is 350 g/mol. The van der Waals surface area contributed by atoms with Crippen molar-refractivity contribution in [2.24, 2.45) is 5.73 Å². The fraction of sp³-hybridized carbons (Fsp3) is 0.316. The Balaban J connectivity index is 1.56. The van der Waals surface area contributed by atoms with E-state index in [0.717, 1.165) is 30.4 Å². The lowest BCUT2D eigenvalue weighted by atomic mass is 9.95. The molecule has 1 aliphatic carbocycles. The first kappa shape index (κ1) is 18.1. The van der Waals surface area contributed by atoms with Crippen molar-refractivity contribution in [1.29, 1.82) is 0 Å². The van der Waals surface area contributed by atoms with Crippen LogP contribution in [0.25, 0.3) is 0 Å². The van der Waals surface area contributed by atoms with Crippen LogP contribution in [0.2, 0.25) is 0 Å². The van der Waals surface area contributed by atoms with Crippen molar-refractivity contribution in [3.8, 4) is 0 Å². The zero-order chi connectivity index (χ0) is 18.5. The fourth-order valence-electron chi connectivity index (χ4n) is 3.01. The molecular formula is C19H21N3O3S. The summed E-state index contributed by atoms with van der Waals surface area (Å²) in [5.74, 6) is -0.995. The molecule has 6 nitrogen and oxygen atoms in total. The first-order valence-corrected chi connectivity index (χ1v) is 9.45.